The van der Waals surface area contributed by atoms with Crippen LogP contribution in [0.1, 0.15) is 0 Å². The lowest BCUT2D eigenvalue weighted by Gasteiger charge is -1.96. The van der Waals surface area contributed by atoms with Crippen molar-refractivity contribution in [1.29, 1.82) is 0 Å². The van der Waals surface area contributed by atoms with Gasteiger partial charge in [-0.2, -0.15) is 0 Å². The largest absolute Gasteiger partial charge is 0.480 e. The summed E-state index contributed by atoms with van der Waals surface area (Å²) in [4.78, 5) is 28.9. The number of rotatable bonds is 6. The number of nitrogens with two attached hydrogens (primary N) is 3. The van der Waals surface area contributed by atoms with E-state index in [2.05, 4.69) is 0 Å². The van der Waals surface area contributed by atoms with E-state index in [1.165, 1.54) is 0 Å². The number of hydrogen-bond donors (Lipinski definition) is 9. The number of carboxylic acid groups (broad SMARTS) is 3. The van der Waals surface area contributed by atoms with Gasteiger partial charge in [-0.3, -0.25) is 14.4 Å². The molecule has 0 heterocycles. The lowest BCUT2D eigenvalue weighted by Crippen LogP contribution is -2.33. The molecule has 0 aliphatic rings. The first-order valence-electron chi connectivity index (χ1n) is 5.32. The summed E-state index contributed by atoms with van der Waals surface area (Å²) in [6.07, 6.45) is 0. The Balaban J connectivity index is -0.000000231. The number of aliphatic hydroxyl groups excluding tert-OH is 3. The molecule has 12 nitrogen and oxygen atoms in total. The average Bonchev–Trinajstić information content (AvgIpc) is 2.45. The van der Waals surface area contributed by atoms with Crippen LogP contribution < -0.4 is 17.2 Å². The Labute approximate surface area is 119 Å². The van der Waals surface area contributed by atoms with Crippen molar-refractivity contribution >= 4 is 17.9 Å². The summed E-state index contributed by atoms with van der Waals surface area (Å²) in [5.41, 5.74) is 14.3. The second-order valence-electron chi connectivity index (χ2n) is 3.38. The van der Waals surface area contributed by atoms with Crippen molar-refractivity contribution in [2.45, 2.75) is 18.1 Å². The van der Waals surface area contributed by atoms with Gasteiger partial charge in [-0.15, -0.1) is 0 Å². The van der Waals surface area contributed by atoms with Crippen molar-refractivity contribution in [1.82, 2.24) is 0 Å². The van der Waals surface area contributed by atoms with Crippen LogP contribution in [0.4, 0.5) is 0 Å². The molecule has 3 atom stereocenters. The minimum atomic E-state index is -1.18. The molecule has 0 fully saturated rings. The third kappa shape index (κ3) is 18.2. The van der Waals surface area contributed by atoms with E-state index in [1.807, 2.05) is 0 Å². The Kier molecular flexibility index (Phi) is 16.8. The molecule has 0 amide bonds. The number of aliphatic hydroxyl groups is 3. The highest BCUT2D eigenvalue weighted by Gasteiger charge is 2.08. The number of carboxylic acids is 3. The van der Waals surface area contributed by atoms with Gasteiger partial charge >= 0.3 is 17.9 Å². The van der Waals surface area contributed by atoms with Crippen LogP contribution in [0, 0.1) is 0 Å². The van der Waals surface area contributed by atoms with Gasteiger partial charge in [-0.05, 0) is 0 Å². The molecule has 0 radical (unpaired) electrons. The van der Waals surface area contributed by atoms with Crippen LogP contribution in [-0.2, 0) is 14.4 Å². The van der Waals surface area contributed by atoms with Gasteiger partial charge in [0, 0.05) is 0 Å². The maximum atomic E-state index is 9.65. The molecule has 0 aliphatic carbocycles. The first kappa shape index (κ1) is 24.2. The maximum absolute atomic E-state index is 9.65. The van der Waals surface area contributed by atoms with Crippen LogP contribution in [-0.4, -0.2) is 86.5 Å². The van der Waals surface area contributed by atoms with E-state index >= 15 is 0 Å². The number of carbonyl (C=O) groups is 3. The first-order chi connectivity index (χ1) is 9.54. The zero-order chi connectivity index (χ0) is 17.6. The quantitative estimate of drug-likeness (QED) is 0.224. The highest BCUT2D eigenvalue weighted by molar-refractivity contribution is 5.73. The van der Waals surface area contributed by atoms with Crippen LogP contribution >= 0.6 is 0 Å². The van der Waals surface area contributed by atoms with Crippen molar-refractivity contribution in [3.63, 3.8) is 0 Å². The Bertz CT molecular complexity index is 265. The van der Waals surface area contributed by atoms with Crippen molar-refractivity contribution in [2.24, 2.45) is 17.2 Å². The normalized spacial score (nSPS) is 13.4. The molecule has 0 bridgehead atoms. The average molecular weight is 315 g/mol. The summed E-state index contributed by atoms with van der Waals surface area (Å²) in [7, 11) is 0. The lowest BCUT2D eigenvalue weighted by molar-refractivity contribution is -0.140. The molecule has 0 aliphatic heterocycles. The molecule has 0 saturated carbocycles. The number of aliphatic carboxylic acids is 3. The Morgan fingerprint density at radius 3 is 0.762 bits per heavy atom. The minimum absolute atomic E-state index is 0.505. The molecule has 0 aromatic rings. The second-order valence-corrected chi connectivity index (χ2v) is 3.38. The highest BCUT2D eigenvalue weighted by Crippen LogP contribution is 1.72. The molecular formula is C9H21N3O9. The van der Waals surface area contributed by atoms with E-state index in [-0.39, 0.29) is 0 Å². The topological polar surface area (TPSA) is 251 Å². The standard InChI is InChI=1S/3C3H7NO3/c3*4-2(1-5)3(6)7/h3*2,5H,1,4H2,(H,6,7). The molecule has 0 spiro atoms. The van der Waals surface area contributed by atoms with Gasteiger partial charge in [0.05, 0.1) is 19.8 Å². The van der Waals surface area contributed by atoms with Crippen LogP contribution in [0.15, 0.2) is 0 Å². The molecule has 0 aromatic carbocycles. The fraction of sp³-hybridized carbons (Fsp3) is 0.667. The van der Waals surface area contributed by atoms with E-state index in [1.54, 1.807) is 0 Å². The molecule has 126 valence electrons. The van der Waals surface area contributed by atoms with E-state index in [0.29, 0.717) is 0 Å². The van der Waals surface area contributed by atoms with Gasteiger partial charge in [0.2, 0.25) is 0 Å². The molecule has 0 rings (SSSR count). The summed E-state index contributed by atoms with van der Waals surface area (Å²) >= 11 is 0. The van der Waals surface area contributed by atoms with Crippen LogP contribution in [0.3, 0.4) is 0 Å². The Hall–Kier alpha value is -1.83. The van der Waals surface area contributed by atoms with E-state index in [0.717, 1.165) is 0 Å². The van der Waals surface area contributed by atoms with E-state index in [9.17, 15) is 14.4 Å². The lowest BCUT2D eigenvalue weighted by atomic mass is 10.3. The third-order valence-electron chi connectivity index (χ3n) is 1.54. The monoisotopic (exact) mass is 315 g/mol. The molecule has 0 aromatic heterocycles. The third-order valence-corrected chi connectivity index (χ3v) is 1.54. The van der Waals surface area contributed by atoms with Gasteiger partial charge < -0.3 is 47.8 Å². The molecular weight excluding hydrogens is 294 g/mol. The molecule has 0 saturated heterocycles. The van der Waals surface area contributed by atoms with Gasteiger partial charge in [0.1, 0.15) is 18.1 Å². The van der Waals surface area contributed by atoms with Crippen LogP contribution in [0.5, 0.6) is 0 Å². The van der Waals surface area contributed by atoms with Crippen molar-refractivity contribution in [3.05, 3.63) is 0 Å². The predicted octanol–water partition coefficient (Wildman–Crippen LogP) is -4.83. The van der Waals surface area contributed by atoms with Crippen molar-refractivity contribution in [3.8, 4) is 0 Å². The van der Waals surface area contributed by atoms with E-state index < -0.39 is 55.9 Å². The molecule has 3 unspecified atom stereocenters. The van der Waals surface area contributed by atoms with Gasteiger partial charge in [-0.1, -0.05) is 0 Å². The minimum Gasteiger partial charge on any atom is -0.480 e. The van der Waals surface area contributed by atoms with Crippen molar-refractivity contribution < 1.29 is 45.0 Å². The highest BCUT2D eigenvalue weighted by atomic mass is 16.4. The Morgan fingerprint density at radius 2 is 0.762 bits per heavy atom. The predicted molar refractivity (Wildman–Crippen MR) is 68.1 cm³/mol. The van der Waals surface area contributed by atoms with Crippen LogP contribution in [0.25, 0.3) is 0 Å². The molecule has 12 heteroatoms. The smallest absolute Gasteiger partial charge is 0.322 e. The van der Waals surface area contributed by atoms with Gasteiger partial charge in [-0.25, -0.2) is 0 Å². The van der Waals surface area contributed by atoms with E-state index in [4.69, 9.17) is 47.8 Å². The second kappa shape index (κ2) is 14.6. The summed E-state index contributed by atoms with van der Waals surface area (Å²) in [5.74, 6) is -3.53. The summed E-state index contributed by atoms with van der Waals surface area (Å²) in [6, 6.07) is -3.38. The summed E-state index contributed by atoms with van der Waals surface area (Å²) in [6.45, 7) is -1.51. The zero-order valence-corrected chi connectivity index (χ0v) is 11.0. The first-order valence-corrected chi connectivity index (χ1v) is 5.32. The molecule has 12 N–H and O–H groups in total. The summed E-state index contributed by atoms with van der Waals surface area (Å²) in [5, 5.41) is 47.7. The zero-order valence-electron chi connectivity index (χ0n) is 11.0. The SMILES string of the molecule is NC(CO)C(=O)O.NC(CO)C(=O)O.NC(CO)C(=O)O. The summed E-state index contributed by atoms with van der Waals surface area (Å²) < 4.78 is 0. The fourth-order valence-electron chi connectivity index (χ4n) is 0.234. The van der Waals surface area contributed by atoms with Gasteiger partial charge in [0.25, 0.3) is 0 Å². The fourth-order valence-corrected chi connectivity index (χ4v) is 0.234. The van der Waals surface area contributed by atoms with Crippen molar-refractivity contribution in [2.75, 3.05) is 19.8 Å². The van der Waals surface area contributed by atoms with Crippen LogP contribution in [0.2, 0.25) is 0 Å². The Morgan fingerprint density at radius 1 is 0.619 bits per heavy atom. The number of hydrogen-bond acceptors (Lipinski definition) is 9. The van der Waals surface area contributed by atoms with Gasteiger partial charge in [0.15, 0.2) is 0 Å². The molecule has 21 heavy (non-hydrogen) atoms. The maximum Gasteiger partial charge on any atom is 0.322 e.